The van der Waals surface area contributed by atoms with Crippen molar-refractivity contribution >= 4 is 0 Å². The number of hydrogen-bond donors (Lipinski definition) is 0. The number of fused-ring (bicyclic) bond motifs is 3. The van der Waals surface area contributed by atoms with Gasteiger partial charge in [0.05, 0.1) is 5.92 Å². The van der Waals surface area contributed by atoms with Crippen LogP contribution in [0.4, 0.5) is 0 Å². The Bertz CT molecular complexity index is 1900. The summed E-state index contributed by atoms with van der Waals surface area (Å²) < 4.78 is 0. The zero-order valence-corrected chi connectivity index (χ0v) is 23.4. The van der Waals surface area contributed by atoms with Crippen LogP contribution in [0.3, 0.4) is 0 Å². The average molecular weight is 550 g/mol. The molecule has 0 aliphatic heterocycles. The maximum Gasteiger partial charge on any atom is 0.163 e. The summed E-state index contributed by atoms with van der Waals surface area (Å²) in [6, 6.07) is 55.1. The Morgan fingerprint density at radius 3 is 1.09 bits per heavy atom. The molecule has 43 heavy (non-hydrogen) atoms. The lowest BCUT2D eigenvalue weighted by Gasteiger charge is -2.15. The highest BCUT2D eigenvalue weighted by molar-refractivity contribution is 5.80. The molecule has 3 nitrogen and oxygen atoms in total. The van der Waals surface area contributed by atoms with Gasteiger partial charge in [-0.15, -0.1) is 0 Å². The number of benzene rings is 6. The highest BCUT2D eigenvalue weighted by Crippen LogP contribution is 2.47. The van der Waals surface area contributed by atoms with Gasteiger partial charge in [0.25, 0.3) is 0 Å². The summed E-state index contributed by atoms with van der Waals surface area (Å²) in [5.74, 6) is 2.04. The first-order valence-electron chi connectivity index (χ1n) is 14.6. The molecule has 0 unspecified atom stereocenters. The second kappa shape index (κ2) is 10.6. The molecule has 3 heteroatoms. The summed E-state index contributed by atoms with van der Waals surface area (Å²) in [5.41, 5.74) is 11.6. The normalized spacial score (nSPS) is 12.1. The number of aromatic nitrogens is 3. The molecule has 0 spiro atoms. The summed E-state index contributed by atoms with van der Waals surface area (Å²) >= 11 is 0. The van der Waals surface area contributed by atoms with E-state index in [0.717, 1.165) is 28.1 Å². The lowest BCUT2D eigenvalue weighted by Crippen LogP contribution is -2.09. The Labute approximate surface area is 251 Å². The Morgan fingerprint density at radius 1 is 0.302 bits per heavy atom. The van der Waals surface area contributed by atoms with Crippen molar-refractivity contribution in [1.82, 2.24) is 15.0 Å². The van der Waals surface area contributed by atoms with Gasteiger partial charge in [-0.2, -0.15) is 0 Å². The molecule has 0 saturated heterocycles. The first kappa shape index (κ1) is 25.1. The largest absolute Gasteiger partial charge is 0.212 e. The van der Waals surface area contributed by atoms with Crippen molar-refractivity contribution in [1.29, 1.82) is 0 Å². The Balaban J connectivity index is 1.27. The Kier molecular flexibility index (Phi) is 6.20. The van der Waals surface area contributed by atoms with E-state index in [1.807, 2.05) is 12.1 Å². The minimum Gasteiger partial charge on any atom is -0.212 e. The maximum absolute atomic E-state index is 5.15. The van der Waals surface area contributed by atoms with E-state index < -0.39 is 0 Å². The molecular weight excluding hydrogens is 522 g/mol. The summed E-state index contributed by atoms with van der Waals surface area (Å²) in [5, 5.41) is 0. The van der Waals surface area contributed by atoms with Gasteiger partial charge in [0.2, 0.25) is 0 Å². The molecule has 0 radical (unpaired) electrons. The summed E-state index contributed by atoms with van der Waals surface area (Å²) in [6.07, 6.45) is 0. The van der Waals surface area contributed by atoms with E-state index in [2.05, 4.69) is 146 Å². The SMILES string of the molecule is c1ccc(-c2ccc(-c3nc(-c4ccc(-c5ccccc5)cc4)nc(C4c5ccccc5-c5ccccc54)n3)cc2)cc1. The van der Waals surface area contributed by atoms with Gasteiger partial charge >= 0.3 is 0 Å². The van der Waals surface area contributed by atoms with Crippen LogP contribution in [0.15, 0.2) is 158 Å². The zero-order valence-electron chi connectivity index (χ0n) is 23.4. The van der Waals surface area contributed by atoms with Crippen molar-refractivity contribution in [2.45, 2.75) is 5.92 Å². The van der Waals surface area contributed by atoms with Crippen molar-refractivity contribution in [2.24, 2.45) is 0 Å². The molecule has 0 atom stereocenters. The Morgan fingerprint density at radius 2 is 0.651 bits per heavy atom. The summed E-state index contributed by atoms with van der Waals surface area (Å²) in [6.45, 7) is 0. The van der Waals surface area contributed by atoms with Crippen LogP contribution in [0.25, 0.3) is 56.2 Å². The molecule has 1 aromatic heterocycles. The van der Waals surface area contributed by atoms with Crippen molar-refractivity contribution < 1.29 is 0 Å². The second-order valence-electron chi connectivity index (χ2n) is 10.8. The van der Waals surface area contributed by atoms with Gasteiger partial charge in [0.1, 0.15) is 5.82 Å². The van der Waals surface area contributed by atoms with Gasteiger partial charge in [-0.1, -0.05) is 158 Å². The minimum absolute atomic E-state index is 0.0694. The van der Waals surface area contributed by atoms with Gasteiger partial charge in [-0.05, 0) is 44.5 Å². The quantitative estimate of drug-likeness (QED) is 0.214. The molecule has 6 aromatic carbocycles. The van der Waals surface area contributed by atoms with Crippen LogP contribution in [-0.2, 0) is 0 Å². The molecule has 202 valence electrons. The number of hydrogen-bond acceptors (Lipinski definition) is 3. The lowest BCUT2D eigenvalue weighted by molar-refractivity contribution is 0.856. The predicted molar refractivity (Wildman–Crippen MR) is 174 cm³/mol. The summed E-state index contributed by atoms with van der Waals surface area (Å²) in [7, 11) is 0. The molecule has 1 aliphatic carbocycles. The molecule has 1 heterocycles. The topological polar surface area (TPSA) is 38.7 Å². The third-order valence-electron chi connectivity index (χ3n) is 8.25. The maximum atomic E-state index is 5.15. The van der Waals surface area contributed by atoms with Gasteiger partial charge in [-0.3, -0.25) is 0 Å². The molecule has 1 aliphatic rings. The molecule has 0 amide bonds. The summed E-state index contributed by atoms with van der Waals surface area (Å²) in [4.78, 5) is 15.3. The second-order valence-corrected chi connectivity index (χ2v) is 10.8. The molecule has 0 N–H and O–H groups in total. The number of nitrogens with zero attached hydrogens (tertiary/aromatic N) is 3. The van der Waals surface area contributed by atoms with Crippen LogP contribution in [0.2, 0.25) is 0 Å². The fourth-order valence-corrected chi connectivity index (χ4v) is 6.10. The van der Waals surface area contributed by atoms with Gasteiger partial charge < -0.3 is 0 Å². The molecular formula is C40H27N3. The van der Waals surface area contributed by atoms with E-state index in [9.17, 15) is 0 Å². The monoisotopic (exact) mass is 549 g/mol. The van der Waals surface area contributed by atoms with Crippen LogP contribution in [0, 0.1) is 0 Å². The van der Waals surface area contributed by atoms with Gasteiger partial charge in [-0.25, -0.2) is 15.0 Å². The predicted octanol–water partition coefficient (Wildman–Crippen LogP) is 9.70. The standard InChI is InChI=1S/C40H27N3/c1-3-11-27(12-4-1)29-19-23-31(24-20-29)38-41-39(32-25-21-30(22-26-32)28-13-5-2-6-14-28)43-40(42-38)37-35-17-9-7-15-33(35)34-16-8-10-18-36(34)37/h1-26,37H. The fourth-order valence-electron chi connectivity index (χ4n) is 6.10. The van der Waals surface area contributed by atoms with Gasteiger partial charge in [0.15, 0.2) is 11.6 Å². The first-order valence-corrected chi connectivity index (χ1v) is 14.6. The molecule has 0 fully saturated rings. The minimum atomic E-state index is -0.0694. The molecule has 8 rings (SSSR count). The van der Waals surface area contributed by atoms with E-state index in [4.69, 9.17) is 15.0 Å². The first-order chi connectivity index (χ1) is 21.3. The van der Waals surface area contributed by atoms with E-state index in [-0.39, 0.29) is 5.92 Å². The van der Waals surface area contributed by atoms with Crippen molar-refractivity contribution in [3.8, 4) is 56.2 Å². The molecule has 7 aromatic rings. The van der Waals surface area contributed by atoms with E-state index in [1.54, 1.807) is 0 Å². The Hall–Kier alpha value is -5.67. The molecule has 0 saturated carbocycles. The lowest BCUT2D eigenvalue weighted by atomic mass is 9.96. The van der Waals surface area contributed by atoms with Crippen LogP contribution < -0.4 is 0 Å². The highest BCUT2D eigenvalue weighted by Gasteiger charge is 2.32. The highest BCUT2D eigenvalue weighted by atomic mass is 15.0. The van der Waals surface area contributed by atoms with Crippen molar-refractivity contribution in [3.05, 3.63) is 175 Å². The smallest absolute Gasteiger partial charge is 0.163 e. The van der Waals surface area contributed by atoms with Crippen LogP contribution >= 0.6 is 0 Å². The van der Waals surface area contributed by atoms with Crippen molar-refractivity contribution in [2.75, 3.05) is 0 Å². The van der Waals surface area contributed by atoms with Crippen molar-refractivity contribution in [3.63, 3.8) is 0 Å². The van der Waals surface area contributed by atoms with Crippen LogP contribution in [0.1, 0.15) is 22.9 Å². The molecule has 0 bridgehead atoms. The van der Waals surface area contributed by atoms with Gasteiger partial charge in [0, 0.05) is 11.1 Å². The zero-order chi connectivity index (χ0) is 28.6. The van der Waals surface area contributed by atoms with Crippen LogP contribution in [0.5, 0.6) is 0 Å². The van der Waals surface area contributed by atoms with E-state index in [0.29, 0.717) is 11.6 Å². The fraction of sp³-hybridized carbons (Fsp3) is 0.0250. The average Bonchev–Trinajstić information content (AvgIpc) is 3.43. The number of rotatable bonds is 5. The third kappa shape index (κ3) is 4.61. The van der Waals surface area contributed by atoms with E-state index in [1.165, 1.54) is 33.4 Å². The van der Waals surface area contributed by atoms with E-state index >= 15 is 0 Å². The third-order valence-corrected chi connectivity index (χ3v) is 8.25. The van der Waals surface area contributed by atoms with Crippen LogP contribution in [-0.4, -0.2) is 15.0 Å².